The van der Waals surface area contributed by atoms with Crippen LogP contribution in [0.15, 0.2) is 29.2 Å². The fraction of sp³-hybridized carbons (Fsp3) is 0.412. The summed E-state index contributed by atoms with van der Waals surface area (Å²) in [5.74, 6) is -0.0587. The highest BCUT2D eigenvalue weighted by molar-refractivity contribution is 7.92. The van der Waals surface area contributed by atoms with Crippen LogP contribution in [0.1, 0.15) is 41.1 Å². The van der Waals surface area contributed by atoms with Gasteiger partial charge in [-0.1, -0.05) is 0 Å². The van der Waals surface area contributed by atoms with Crippen LogP contribution in [0.2, 0.25) is 0 Å². The molecular formula is C17H21N3O5S2. The maximum atomic E-state index is 12.9. The molecule has 27 heavy (non-hydrogen) atoms. The number of Topliss-reactive ketones (excluding diaryl/α,β-unsaturated/α-hetero) is 1. The van der Waals surface area contributed by atoms with Gasteiger partial charge < -0.3 is 0 Å². The number of carbonyl (C=O) groups excluding carboxylic acids is 1. The topological polar surface area (TPSA) is 115 Å². The molecule has 0 spiro atoms. The van der Waals surface area contributed by atoms with Gasteiger partial charge in [0.1, 0.15) is 4.90 Å². The Morgan fingerprint density at radius 1 is 1.22 bits per heavy atom. The molecule has 10 heteroatoms. The van der Waals surface area contributed by atoms with Gasteiger partial charge in [-0.05, 0) is 51.5 Å². The fourth-order valence-corrected chi connectivity index (χ4v) is 6.49. The zero-order chi connectivity index (χ0) is 20.0. The Morgan fingerprint density at radius 2 is 1.85 bits per heavy atom. The molecule has 1 aromatic carbocycles. The van der Waals surface area contributed by atoms with Crippen LogP contribution in [0.3, 0.4) is 0 Å². The highest BCUT2D eigenvalue weighted by Crippen LogP contribution is 2.29. The second-order valence-electron chi connectivity index (χ2n) is 6.74. The molecule has 2 heterocycles. The van der Waals surface area contributed by atoms with Crippen LogP contribution < -0.4 is 4.72 Å². The number of rotatable bonds is 5. The molecule has 0 aliphatic carbocycles. The van der Waals surface area contributed by atoms with E-state index in [1.54, 1.807) is 26.0 Å². The van der Waals surface area contributed by atoms with Gasteiger partial charge in [0.05, 0.1) is 28.9 Å². The van der Waals surface area contributed by atoms with Gasteiger partial charge in [-0.3, -0.25) is 14.2 Å². The third kappa shape index (κ3) is 3.91. The standard InChI is InChI=1S/C17H21N3O5S2/c1-11-17(12(2)20(18-11)16-8-9-26(22,23)10-16)27(24,25)19-15-6-4-14(5-7-15)13(3)21/h4-7,16,19H,8-10H2,1-3H3/t16-/m1/s1. The molecule has 0 bridgehead atoms. The number of benzene rings is 1. The van der Waals surface area contributed by atoms with Crippen LogP contribution in [0.25, 0.3) is 0 Å². The summed E-state index contributed by atoms with van der Waals surface area (Å²) in [6.45, 7) is 4.64. The smallest absolute Gasteiger partial charge is 0.265 e. The molecule has 1 N–H and O–H groups in total. The first kappa shape index (κ1) is 19.6. The summed E-state index contributed by atoms with van der Waals surface area (Å²) in [6, 6.07) is 5.78. The van der Waals surface area contributed by atoms with Crippen LogP contribution in [-0.4, -0.2) is 43.9 Å². The summed E-state index contributed by atoms with van der Waals surface area (Å²) >= 11 is 0. The number of nitrogens with zero attached hydrogens (tertiary/aromatic N) is 2. The Hall–Kier alpha value is -2.20. The lowest BCUT2D eigenvalue weighted by Gasteiger charge is -2.12. The number of hydrogen-bond donors (Lipinski definition) is 1. The van der Waals surface area contributed by atoms with E-state index in [0.717, 1.165) is 0 Å². The Morgan fingerprint density at radius 3 is 2.37 bits per heavy atom. The summed E-state index contributed by atoms with van der Waals surface area (Å²) in [7, 11) is -7.03. The van der Waals surface area contributed by atoms with Crippen LogP contribution >= 0.6 is 0 Å². The van der Waals surface area contributed by atoms with Gasteiger partial charge >= 0.3 is 0 Å². The number of carbonyl (C=O) groups is 1. The SMILES string of the molecule is CC(=O)c1ccc(NS(=O)(=O)c2c(C)nn([C@@H]3CCS(=O)(=O)C3)c2C)cc1. The number of sulfonamides is 1. The van der Waals surface area contributed by atoms with Gasteiger partial charge in [0.15, 0.2) is 15.6 Å². The van der Waals surface area contributed by atoms with E-state index >= 15 is 0 Å². The quantitative estimate of drug-likeness (QED) is 0.751. The van der Waals surface area contributed by atoms with Crippen LogP contribution in [0.4, 0.5) is 5.69 Å². The van der Waals surface area contributed by atoms with E-state index in [0.29, 0.717) is 29.1 Å². The number of anilines is 1. The van der Waals surface area contributed by atoms with E-state index in [9.17, 15) is 21.6 Å². The summed E-state index contributed by atoms with van der Waals surface area (Å²) in [5.41, 5.74) is 1.53. The highest BCUT2D eigenvalue weighted by atomic mass is 32.2. The Kier molecular flexibility index (Phi) is 4.89. The van der Waals surface area contributed by atoms with Crippen molar-refractivity contribution >= 4 is 31.3 Å². The van der Waals surface area contributed by atoms with Gasteiger partial charge in [-0.25, -0.2) is 16.8 Å². The lowest BCUT2D eigenvalue weighted by atomic mass is 10.1. The van der Waals surface area contributed by atoms with Crippen molar-refractivity contribution in [2.24, 2.45) is 0 Å². The number of nitrogens with one attached hydrogen (secondary N) is 1. The molecule has 0 saturated carbocycles. The van der Waals surface area contributed by atoms with Gasteiger partial charge in [0.2, 0.25) is 0 Å². The lowest BCUT2D eigenvalue weighted by molar-refractivity contribution is 0.101. The van der Waals surface area contributed by atoms with Gasteiger partial charge in [-0.2, -0.15) is 5.10 Å². The molecule has 1 fully saturated rings. The number of hydrogen-bond acceptors (Lipinski definition) is 6. The van der Waals surface area contributed by atoms with Gasteiger partial charge in [-0.15, -0.1) is 0 Å². The number of aromatic nitrogens is 2. The number of sulfone groups is 1. The Labute approximate surface area is 158 Å². The molecule has 0 amide bonds. The minimum absolute atomic E-state index is 0.0333. The minimum Gasteiger partial charge on any atom is -0.295 e. The third-order valence-electron chi connectivity index (χ3n) is 4.63. The highest BCUT2D eigenvalue weighted by Gasteiger charge is 2.33. The van der Waals surface area contributed by atoms with Crippen molar-refractivity contribution in [1.82, 2.24) is 9.78 Å². The average Bonchev–Trinajstić information content (AvgIpc) is 3.06. The van der Waals surface area contributed by atoms with Gasteiger partial charge in [0, 0.05) is 11.3 Å². The largest absolute Gasteiger partial charge is 0.295 e. The van der Waals surface area contributed by atoms with Crippen LogP contribution in [-0.2, 0) is 19.9 Å². The first-order chi connectivity index (χ1) is 12.5. The van der Waals surface area contributed by atoms with E-state index in [1.807, 2.05) is 0 Å². The normalized spacial score (nSPS) is 19.1. The molecule has 1 aliphatic heterocycles. The summed E-state index contributed by atoms with van der Waals surface area (Å²) in [6.07, 6.45) is 0.420. The lowest BCUT2D eigenvalue weighted by Crippen LogP contribution is -2.17. The zero-order valence-corrected chi connectivity index (χ0v) is 16.9. The minimum atomic E-state index is -3.91. The summed E-state index contributed by atoms with van der Waals surface area (Å²) in [4.78, 5) is 11.4. The van der Waals surface area contributed by atoms with Crippen molar-refractivity contribution in [2.45, 2.75) is 38.1 Å². The van der Waals surface area contributed by atoms with E-state index in [1.165, 1.54) is 23.7 Å². The molecule has 1 atom stereocenters. The second-order valence-corrected chi connectivity index (χ2v) is 10.6. The Balaban J connectivity index is 1.92. The maximum absolute atomic E-state index is 12.9. The Bertz CT molecular complexity index is 1100. The number of aryl methyl sites for hydroxylation is 1. The summed E-state index contributed by atoms with van der Waals surface area (Å²) in [5, 5.41) is 4.29. The molecule has 146 valence electrons. The first-order valence-electron chi connectivity index (χ1n) is 8.40. The fourth-order valence-electron chi connectivity index (χ4n) is 3.34. The van der Waals surface area contributed by atoms with Crippen LogP contribution in [0, 0.1) is 13.8 Å². The van der Waals surface area contributed by atoms with Crippen molar-refractivity contribution in [3.63, 3.8) is 0 Å². The molecule has 8 nitrogen and oxygen atoms in total. The predicted molar refractivity (Wildman–Crippen MR) is 101 cm³/mol. The van der Waals surface area contributed by atoms with Crippen molar-refractivity contribution < 1.29 is 21.6 Å². The van der Waals surface area contributed by atoms with Gasteiger partial charge in [0.25, 0.3) is 10.0 Å². The molecule has 3 rings (SSSR count). The van der Waals surface area contributed by atoms with Crippen molar-refractivity contribution in [3.8, 4) is 0 Å². The monoisotopic (exact) mass is 411 g/mol. The first-order valence-corrected chi connectivity index (χ1v) is 11.7. The zero-order valence-electron chi connectivity index (χ0n) is 15.3. The second kappa shape index (κ2) is 6.75. The van der Waals surface area contributed by atoms with Crippen molar-refractivity contribution in [2.75, 3.05) is 16.2 Å². The van der Waals surface area contributed by atoms with E-state index in [2.05, 4.69) is 9.82 Å². The third-order valence-corrected chi connectivity index (χ3v) is 8.01. The molecular weight excluding hydrogens is 390 g/mol. The van der Waals surface area contributed by atoms with E-state index in [4.69, 9.17) is 0 Å². The van der Waals surface area contributed by atoms with E-state index < -0.39 is 19.9 Å². The number of ketones is 1. The summed E-state index contributed by atoms with van der Waals surface area (Å²) < 4.78 is 53.2. The molecule has 1 aromatic heterocycles. The average molecular weight is 412 g/mol. The molecule has 1 saturated heterocycles. The van der Waals surface area contributed by atoms with E-state index in [-0.39, 0.29) is 28.2 Å². The van der Waals surface area contributed by atoms with Crippen molar-refractivity contribution in [3.05, 3.63) is 41.2 Å². The maximum Gasteiger partial charge on any atom is 0.265 e. The molecule has 2 aromatic rings. The predicted octanol–water partition coefficient (Wildman–Crippen LogP) is 1.86. The van der Waals surface area contributed by atoms with Crippen molar-refractivity contribution in [1.29, 1.82) is 0 Å². The molecule has 0 radical (unpaired) electrons. The molecule has 0 unspecified atom stereocenters. The molecule has 1 aliphatic rings. The van der Waals surface area contributed by atoms with Crippen LogP contribution in [0.5, 0.6) is 0 Å².